The van der Waals surface area contributed by atoms with E-state index in [0.29, 0.717) is 16.8 Å². The van der Waals surface area contributed by atoms with Gasteiger partial charge in [0.15, 0.2) is 0 Å². The van der Waals surface area contributed by atoms with E-state index in [1.807, 2.05) is 0 Å². The number of rotatable bonds is 4. The van der Waals surface area contributed by atoms with E-state index in [1.165, 1.54) is 17.4 Å². The molecule has 2 aromatic rings. The second kappa shape index (κ2) is 6.83. The average molecular weight is 322 g/mol. The highest BCUT2D eigenvalue weighted by molar-refractivity contribution is 7.89. The number of aliphatic hydroxyl groups is 1. The van der Waals surface area contributed by atoms with Gasteiger partial charge in [-0.1, -0.05) is 17.9 Å². The third kappa shape index (κ3) is 4.12. The van der Waals surface area contributed by atoms with Crippen molar-refractivity contribution >= 4 is 21.4 Å². The van der Waals surface area contributed by atoms with Crippen molar-refractivity contribution in [3.05, 3.63) is 45.9 Å². The molecule has 0 aliphatic heterocycles. The van der Waals surface area contributed by atoms with Crippen molar-refractivity contribution in [3.63, 3.8) is 0 Å². The number of aliphatic hydroxyl groups excluding tert-OH is 1. The quantitative estimate of drug-likeness (QED) is 0.831. The zero-order valence-electron chi connectivity index (χ0n) is 11.3. The maximum absolute atomic E-state index is 12.3. The first-order valence-corrected chi connectivity index (χ1v) is 8.52. The fourth-order valence-electron chi connectivity index (χ4n) is 1.68. The Balaban J connectivity index is 2.26. The van der Waals surface area contributed by atoms with Gasteiger partial charge in [-0.05, 0) is 24.6 Å². The minimum absolute atomic E-state index is 0.151. The van der Waals surface area contributed by atoms with Crippen molar-refractivity contribution in [2.75, 3.05) is 6.61 Å². The average Bonchev–Trinajstić information content (AvgIpc) is 2.97. The van der Waals surface area contributed by atoms with Gasteiger partial charge in [-0.2, -0.15) is 0 Å². The van der Waals surface area contributed by atoms with Crippen LogP contribution in [0, 0.1) is 18.8 Å². The first kappa shape index (κ1) is 15.7. The summed E-state index contributed by atoms with van der Waals surface area (Å²) in [6.45, 7) is 1.61. The molecule has 0 aliphatic carbocycles. The van der Waals surface area contributed by atoms with Crippen LogP contribution < -0.4 is 4.72 Å². The summed E-state index contributed by atoms with van der Waals surface area (Å²) in [5, 5.41) is 10.5. The minimum atomic E-state index is -3.63. The molecule has 0 bridgehead atoms. The number of hydrogen-bond donors (Lipinski definition) is 2. The van der Waals surface area contributed by atoms with E-state index in [9.17, 15) is 8.42 Å². The second-order valence-electron chi connectivity index (χ2n) is 4.24. The van der Waals surface area contributed by atoms with Crippen LogP contribution in [0.4, 0.5) is 0 Å². The van der Waals surface area contributed by atoms with Crippen molar-refractivity contribution in [1.82, 2.24) is 9.71 Å². The summed E-state index contributed by atoms with van der Waals surface area (Å²) in [7, 11) is -3.63. The molecule has 110 valence electrons. The number of sulfonamides is 1. The van der Waals surface area contributed by atoms with Gasteiger partial charge >= 0.3 is 0 Å². The zero-order valence-corrected chi connectivity index (χ0v) is 13.0. The summed E-state index contributed by atoms with van der Waals surface area (Å²) in [5.41, 5.74) is 3.51. The van der Waals surface area contributed by atoms with E-state index < -0.39 is 10.0 Å². The van der Waals surface area contributed by atoms with E-state index in [4.69, 9.17) is 5.11 Å². The molecule has 1 aromatic carbocycles. The van der Waals surface area contributed by atoms with E-state index in [1.54, 1.807) is 29.9 Å². The van der Waals surface area contributed by atoms with Gasteiger partial charge in [0.2, 0.25) is 10.0 Å². The summed E-state index contributed by atoms with van der Waals surface area (Å²) in [6, 6.07) is 4.91. The molecule has 0 aliphatic rings. The number of nitrogens with one attached hydrogen (secondary N) is 1. The molecular weight excluding hydrogens is 308 g/mol. The number of thiazole rings is 1. The molecule has 1 heterocycles. The molecule has 0 saturated heterocycles. The zero-order chi connectivity index (χ0) is 15.3. The molecule has 0 amide bonds. The van der Waals surface area contributed by atoms with Gasteiger partial charge in [0.1, 0.15) is 6.61 Å². The lowest BCUT2D eigenvalue weighted by Gasteiger charge is -2.09. The first-order chi connectivity index (χ1) is 10.0. The number of nitrogens with zero attached hydrogens (tertiary/aromatic N) is 1. The lowest BCUT2D eigenvalue weighted by molar-refractivity contribution is 0.350. The summed E-state index contributed by atoms with van der Waals surface area (Å²) in [5.74, 6) is 5.20. The monoisotopic (exact) mass is 322 g/mol. The fraction of sp³-hybridized carbons (Fsp3) is 0.214. The van der Waals surface area contributed by atoms with Gasteiger partial charge < -0.3 is 5.11 Å². The predicted octanol–water partition coefficient (Wildman–Crippen LogP) is 1.27. The van der Waals surface area contributed by atoms with Crippen LogP contribution in [0.1, 0.15) is 16.8 Å². The maximum Gasteiger partial charge on any atom is 0.241 e. The lowest BCUT2D eigenvalue weighted by Crippen LogP contribution is -2.24. The topological polar surface area (TPSA) is 79.3 Å². The molecule has 2 N–H and O–H groups in total. The molecule has 21 heavy (non-hydrogen) atoms. The van der Waals surface area contributed by atoms with Crippen molar-refractivity contribution in [2.45, 2.75) is 18.4 Å². The maximum atomic E-state index is 12.3. The molecule has 0 unspecified atom stereocenters. The predicted molar refractivity (Wildman–Crippen MR) is 81.3 cm³/mol. The van der Waals surface area contributed by atoms with Crippen LogP contribution in [-0.2, 0) is 16.6 Å². The highest BCUT2D eigenvalue weighted by atomic mass is 32.2. The highest BCUT2D eigenvalue weighted by Gasteiger charge is 2.17. The standard InChI is InChI=1S/C14H14N2O3S2/c1-11-4-5-12(3-2-6-17)7-14(11)21(18,19)16-8-13-9-20-10-15-13/h4-5,7,9-10,16-17H,6,8H2,1H3. The van der Waals surface area contributed by atoms with Crippen molar-refractivity contribution < 1.29 is 13.5 Å². The molecule has 5 nitrogen and oxygen atoms in total. The Morgan fingerprint density at radius 1 is 1.43 bits per heavy atom. The largest absolute Gasteiger partial charge is 0.384 e. The third-order valence-electron chi connectivity index (χ3n) is 2.72. The van der Waals surface area contributed by atoms with Crippen LogP contribution in [0.2, 0.25) is 0 Å². The summed E-state index contributed by atoms with van der Waals surface area (Å²) >= 11 is 1.41. The Labute approximate surface area is 127 Å². The Bertz CT molecular complexity index is 772. The fourth-order valence-corrected chi connectivity index (χ4v) is 3.51. The molecule has 1 aromatic heterocycles. The van der Waals surface area contributed by atoms with Crippen LogP contribution in [0.25, 0.3) is 0 Å². The van der Waals surface area contributed by atoms with Gasteiger partial charge in [-0.15, -0.1) is 11.3 Å². The Hall–Kier alpha value is -1.72. The molecule has 0 radical (unpaired) electrons. The Kier molecular flexibility index (Phi) is 5.09. The molecular formula is C14H14N2O3S2. The smallest absolute Gasteiger partial charge is 0.241 e. The van der Waals surface area contributed by atoms with Crippen LogP contribution in [0.15, 0.2) is 34.0 Å². The molecule has 0 fully saturated rings. The Morgan fingerprint density at radius 2 is 2.24 bits per heavy atom. The SMILES string of the molecule is Cc1ccc(C#CCO)cc1S(=O)(=O)NCc1cscn1. The minimum Gasteiger partial charge on any atom is -0.384 e. The van der Waals surface area contributed by atoms with Crippen molar-refractivity contribution in [3.8, 4) is 11.8 Å². The van der Waals surface area contributed by atoms with Crippen molar-refractivity contribution in [1.29, 1.82) is 0 Å². The normalized spacial score (nSPS) is 11.0. The van der Waals surface area contributed by atoms with Crippen molar-refractivity contribution in [2.24, 2.45) is 0 Å². The Morgan fingerprint density at radius 3 is 2.90 bits per heavy atom. The molecule has 0 atom stereocenters. The van der Waals surface area contributed by atoms with E-state index in [0.717, 1.165) is 0 Å². The summed E-state index contributed by atoms with van der Waals surface area (Å²) in [4.78, 5) is 4.22. The highest BCUT2D eigenvalue weighted by Crippen LogP contribution is 2.17. The number of aromatic nitrogens is 1. The van der Waals surface area contributed by atoms with Gasteiger partial charge in [0.05, 0.1) is 22.6 Å². The molecule has 2 rings (SSSR count). The first-order valence-electron chi connectivity index (χ1n) is 6.10. The second-order valence-corrected chi connectivity index (χ2v) is 6.70. The summed E-state index contributed by atoms with van der Waals surface area (Å²) < 4.78 is 27.2. The van der Waals surface area contributed by atoms with Crippen LogP contribution in [0.5, 0.6) is 0 Å². The van der Waals surface area contributed by atoms with Crippen LogP contribution in [-0.4, -0.2) is 25.1 Å². The number of benzene rings is 1. The molecule has 7 heteroatoms. The van der Waals surface area contributed by atoms with Gasteiger partial charge in [0, 0.05) is 10.9 Å². The van der Waals surface area contributed by atoms with Gasteiger partial charge in [0.25, 0.3) is 0 Å². The van der Waals surface area contributed by atoms with Crippen LogP contribution in [0.3, 0.4) is 0 Å². The lowest BCUT2D eigenvalue weighted by atomic mass is 10.1. The summed E-state index contributed by atoms with van der Waals surface area (Å²) in [6.07, 6.45) is 0. The van der Waals surface area contributed by atoms with Gasteiger partial charge in [-0.25, -0.2) is 18.1 Å². The molecule has 0 saturated carbocycles. The van der Waals surface area contributed by atoms with E-state index in [-0.39, 0.29) is 18.0 Å². The van der Waals surface area contributed by atoms with E-state index >= 15 is 0 Å². The number of hydrogen-bond acceptors (Lipinski definition) is 5. The van der Waals surface area contributed by atoms with E-state index in [2.05, 4.69) is 21.5 Å². The van der Waals surface area contributed by atoms with Crippen LogP contribution >= 0.6 is 11.3 Å². The number of aryl methyl sites for hydroxylation is 1. The molecule has 0 spiro atoms. The van der Waals surface area contributed by atoms with Gasteiger partial charge in [-0.3, -0.25) is 0 Å². The third-order valence-corrected chi connectivity index (χ3v) is 4.89.